The van der Waals surface area contributed by atoms with Gasteiger partial charge >= 0.3 is 12.1 Å². The average molecular weight is 425 g/mol. The van der Waals surface area contributed by atoms with Crippen LogP contribution in [0.5, 0.6) is 5.75 Å². The first kappa shape index (κ1) is 20.2. The number of nitrogens with zero attached hydrogens (tertiary/aromatic N) is 3. The number of rotatable bonds is 6. The second kappa shape index (κ2) is 8.74. The number of cyclic esters (lactones) is 1. The smallest absolute Gasteiger partial charge is 0.414 e. The van der Waals surface area contributed by atoms with Crippen molar-refractivity contribution >= 4 is 23.5 Å². The molecule has 1 aliphatic rings. The normalized spacial score (nSPS) is 13.1. The summed E-state index contributed by atoms with van der Waals surface area (Å²) in [6, 6.07) is 9.19. The van der Waals surface area contributed by atoms with Crippen molar-refractivity contribution in [2.45, 2.75) is 6.54 Å². The fraction of sp³-hybridized carbons (Fsp3) is 0.190. The SMILES string of the molecule is COc1cc(NC(=O)NCc2ccc(-n3ccnc3)c(F)c2)ccc1N1CCOC1=O. The monoisotopic (exact) mass is 425 g/mol. The summed E-state index contributed by atoms with van der Waals surface area (Å²) in [5, 5.41) is 5.38. The number of carbonyl (C=O) groups is 2. The van der Waals surface area contributed by atoms with Gasteiger partial charge in [0.2, 0.25) is 0 Å². The molecule has 10 heteroatoms. The maximum atomic E-state index is 14.3. The lowest BCUT2D eigenvalue weighted by Gasteiger charge is -2.17. The molecule has 0 atom stereocenters. The Labute approximate surface area is 177 Å². The molecule has 1 aliphatic heterocycles. The average Bonchev–Trinajstić information content (AvgIpc) is 3.44. The zero-order valence-corrected chi connectivity index (χ0v) is 16.7. The van der Waals surface area contributed by atoms with E-state index in [0.717, 1.165) is 0 Å². The molecule has 2 aromatic carbocycles. The van der Waals surface area contributed by atoms with Crippen LogP contribution in [-0.4, -0.2) is 41.9 Å². The highest BCUT2D eigenvalue weighted by atomic mass is 19.1. The zero-order chi connectivity index (χ0) is 21.8. The Morgan fingerprint density at radius 2 is 2.10 bits per heavy atom. The van der Waals surface area contributed by atoms with Gasteiger partial charge in [-0.25, -0.2) is 19.0 Å². The van der Waals surface area contributed by atoms with E-state index in [1.165, 1.54) is 24.4 Å². The standard InChI is InChI=1S/C21H20FN5O4/c1-30-19-11-15(3-5-18(19)27-8-9-31-21(27)29)25-20(28)24-12-14-2-4-17(16(22)10-14)26-7-6-23-13-26/h2-7,10-11,13H,8-9,12H2,1H3,(H2,24,25,28). The molecular weight excluding hydrogens is 405 g/mol. The van der Waals surface area contributed by atoms with Crippen LogP contribution >= 0.6 is 0 Å². The fourth-order valence-electron chi connectivity index (χ4n) is 3.22. The Morgan fingerprint density at radius 1 is 1.26 bits per heavy atom. The predicted octanol–water partition coefficient (Wildman–Crippen LogP) is 3.30. The summed E-state index contributed by atoms with van der Waals surface area (Å²) in [6.45, 7) is 0.884. The molecule has 31 heavy (non-hydrogen) atoms. The molecule has 2 N–H and O–H groups in total. The molecule has 1 aromatic heterocycles. The van der Waals surface area contributed by atoms with Crippen LogP contribution in [0, 0.1) is 5.82 Å². The van der Waals surface area contributed by atoms with E-state index in [0.29, 0.717) is 41.5 Å². The van der Waals surface area contributed by atoms with Gasteiger partial charge in [0.05, 0.1) is 31.4 Å². The van der Waals surface area contributed by atoms with E-state index in [-0.39, 0.29) is 6.54 Å². The van der Waals surface area contributed by atoms with Gasteiger partial charge in [0.25, 0.3) is 0 Å². The number of nitrogens with one attached hydrogen (secondary N) is 2. The third-order valence-electron chi connectivity index (χ3n) is 4.74. The lowest BCUT2D eigenvalue weighted by molar-refractivity contribution is 0.181. The Hall–Kier alpha value is -4.08. The van der Waals surface area contributed by atoms with Gasteiger partial charge in [-0.3, -0.25) is 4.90 Å². The fourth-order valence-corrected chi connectivity index (χ4v) is 3.22. The van der Waals surface area contributed by atoms with Crippen LogP contribution in [0.15, 0.2) is 55.1 Å². The van der Waals surface area contributed by atoms with Gasteiger partial charge in [0.15, 0.2) is 0 Å². The number of hydrogen-bond acceptors (Lipinski definition) is 5. The number of benzene rings is 2. The molecule has 4 rings (SSSR count). The van der Waals surface area contributed by atoms with Crippen molar-refractivity contribution < 1.29 is 23.5 Å². The van der Waals surface area contributed by atoms with Gasteiger partial charge in [-0.05, 0) is 29.8 Å². The number of carbonyl (C=O) groups excluding carboxylic acids is 2. The van der Waals surface area contributed by atoms with Gasteiger partial charge < -0.3 is 24.7 Å². The van der Waals surface area contributed by atoms with Crippen LogP contribution < -0.4 is 20.3 Å². The number of urea groups is 1. The first-order valence-corrected chi connectivity index (χ1v) is 9.49. The predicted molar refractivity (Wildman–Crippen MR) is 111 cm³/mol. The number of anilines is 2. The molecule has 1 fully saturated rings. The number of ether oxygens (including phenoxy) is 2. The number of hydrogen-bond donors (Lipinski definition) is 2. The van der Waals surface area contributed by atoms with Gasteiger partial charge in [-0.1, -0.05) is 6.07 Å². The Balaban J connectivity index is 1.38. The van der Waals surface area contributed by atoms with Crippen molar-refractivity contribution in [2.75, 3.05) is 30.5 Å². The van der Waals surface area contributed by atoms with E-state index in [1.807, 2.05) is 0 Å². The number of amides is 3. The second-order valence-electron chi connectivity index (χ2n) is 6.72. The Bertz CT molecular complexity index is 1100. The summed E-state index contributed by atoms with van der Waals surface area (Å²) in [5.74, 6) is 0.00674. The molecule has 0 saturated carbocycles. The van der Waals surface area contributed by atoms with Crippen LogP contribution in [-0.2, 0) is 11.3 Å². The summed E-state index contributed by atoms with van der Waals surface area (Å²) in [5.41, 5.74) is 2.02. The van der Waals surface area contributed by atoms with E-state index in [4.69, 9.17) is 9.47 Å². The lowest BCUT2D eigenvalue weighted by atomic mass is 10.2. The van der Waals surface area contributed by atoms with Crippen molar-refractivity contribution in [3.8, 4) is 11.4 Å². The van der Waals surface area contributed by atoms with Crippen LogP contribution in [0.3, 0.4) is 0 Å². The minimum absolute atomic E-state index is 0.141. The molecule has 2 heterocycles. The van der Waals surface area contributed by atoms with E-state index in [9.17, 15) is 14.0 Å². The minimum Gasteiger partial charge on any atom is -0.494 e. The summed E-state index contributed by atoms with van der Waals surface area (Å²) >= 11 is 0. The molecular formula is C21H20FN5O4. The molecule has 0 unspecified atom stereocenters. The lowest BCUT2D eigenvalue weighted by Crippen LogP contribution is -2.28. The highest BCUT2D eigenvalue weighted by molar-refractivity contribution is 5.93. The minimum atomic E-state index is -0.463. The van der Waals surface area contributed by atoms with Crippen LogP contribution in [0.1, 0.15) is 5.56 Å². The molecule has 9 nitrogen and oxygen atoms in total. The highest BCUT2D eigenvalue weighted by Gasteiger charge is 2.26. The van der Waals surface area contributed by atoms with Crippen LogP contribution in [0.4, 0.5) is 25.4 Å². The largest absolute Gasteiger partial charge is 0.494 e. The first-order chi connectivity index (χ1) is 15.0. The van der Waals surface area contributed by atoms with E-state index >= 15 is 0 Å². The summed E-state index contributed by atoms with van der Waals surface area (Å²) in [7, 11) is 1.48. The third-order valence-corrected chi connectivity index (χ3v) is 4.74. The summed E-state index contributed by atoms with van der Waals surface area (Å²) in [4.78, 5) is 29.4. The molecule has 1 saturated heterocycles. The molecule has 160 valence electrons. The Kier molecular flexibility index (Phi) is 5.69. The first-order valence-electron chi connectivity index (χ1n) is 9.49. The molecule has 0 spiro atoms. The van der Waals surface area contributed by atoms with Gasteiger partial charge in [-0.2, -0.15) is 0 Å². The maximum Gasteiger partial charge on any atom is 0.414 e. The third kappa shape index (κ3) is 4.42. The number of methoxy groups -OCH3 is 1. The second-order valence-corrected chi connectivity index (χ2v) is 6.72. The van der Waals surface area contributed by atoms with Gasteiger partial charge in [-0.15, -0.1) is 0 Å². The number of aromatic nitrogens is 2. The van der Waals surface area contributed by atoms with Crippen molar-refractivity contribution in [2.24, 2.45) is 0 Å². The van der Waals surface area contributed by atoms with Crippen molar-refractivity contribution in [1.29, 1.82) is 0 Å². The quantitative estimate of drug-likeness (QED) is 0.632. The highest BCUT2D eigenvalue weighted by Crippen LogP contribution is 2.32. The molecule has 0 aliphatic carbocycles. The molecule has 3 amide bonds. The van der Waals surface area contributed by atoms with Gasteiger partial charge in [0, 0.05) is 30.7 Å². The van der Waals surface area contributed by atoms with Crippen molar-refractivity contribution in [3.63, 3.8) is 0 Å². The number of halogens is 1. The zero-order valence-electron chi connectivity index (χ0n) is 16.7. The van der Waals surface area contributed by atoms with Crippen molar-refractivity contribution in [1.82, 2.24) is 14.9 Å². The van der Waals surface area contributed by atoms with Crippen LogP contribution in [0.2, 0.25) is 0 Å². The van der Waals surface area contributed by atoms with E-state index in [2.05, 4.69) is 15.6 Å². The van der Waals surface area contributed by atoms with Gasteiger partial charge in [0.1, 0.15) is 18.2 Å². The number of imidazole rings is 1. The molecule has 0 radical (unpaired) electrons. The maximum absolute atomic E-state index is 14.3. The van der Waals surface area contributed by atoms with Crippen molar-refractivity contribution in [3.05, 3.63) is 66.5 Å². The summed E-state index contributed by atoms with van der Waals surface area (Å²) in [6.07, 6.45) is 4.28. The Morgan fingerprint density at radius 3 is 2.77 bits per heavy atom. The molecule has 3 aromatic rings. The van der Waals surface area contributed by atoms with Crippen LogP contribution in [0.25, 0.3) is 5.69 Å². The van der Waals surface area contributed by atoms with E-state index in [1.54, 1.807) is 47.3 Å². The summed E-state index contributed by atoms with van der Waals surface area (Å²) < 4.78 is 26.2. The topological polar surface area (TPSA) is 97.7 Å². The van der Waals surface area contributed by atoms with E-state index < -0.39 is 17.9 Å². The molecule has 0 bridgehead atoms.